The van der Waals surface area contributed by atoms with Gasteiger partial charge in [-0.2, -0.15) is 0 Å². The van der Waals surface area contributed by atoms with Crippen molar-refractivity contribution < 1.29 is 13.2 Å². The topological polar surface area (TPSA) is 93.5 Å². The summed E-state index contributed by atoms with van der Waals surface area (Å²) in [5, 5.41) is 3.89. The van der Waals surface area contributed by atoms with Crippen LogP contribution in [0, 0.1) is 6.92 Å². The number of para-hydroxylation sites is 1. The summed E-state index contributed by atoms with van der Waals surface area (Å²) in [5.74, 6) is 0.640. The van der Waals surface area contributed by atoms with E-state index in [1.807, 2.05) is 26.0 Å². The summed E-state index contributed by atoms with van der Waals surface area (Å²) in [6, 6.07) is 10.4. The first-order valence-corrected chi connectivity index (χ1v) is 13.3. The number of methoxy groups -OCH3 is 1. The molecule has 0 spiro atoms. The zero-order valence-electron chi connectivity index (χ0n) is 20.3. The van der Waals surface area contributed by atoms with Crippen molar-refractivity contribution in [2.24, 2.45) is 7.05 Å². The number of nitrogens with zero attached hydrogens (tertiary/aromatic N) is 3. The van der Waals surface area contributed by atoms with Crippen LogP contribution in [0.4, 0.5) is 11.6 Å². The largest absolute Gasteiger partial charge is 0.381 e. The summed E-state index contributed by atoms with van der Waals surface area (Å²) in [6.45, 7) is 5.43. The van der Waals surface area contributed by atoms with Crippen LogP contribution in [0.2, 0.25) is 0 Å². The average molecular weight is 485 g/mol. The van der Waals surface area contributed by atoms with Crippen molar-refractivity contribution in [2.45, 2.75) is 43.7 Å². The molecule has 1 N–H and O–H groups in total. The minimum Gasteiger partial charge on any atom is -0.381 e. The molecule has 0 amide bonds. The summed E-state index contributed by atoms with van der Waals surface area (Å²) in [6.07, 6.45) is 3.19. The predicted octanol–water partition coefficient (Wildman–Crippen LogP) is 3.43. The number of aromatic nitrogens is 2. The molecule has 2 aromatic carbocycles. The maximum atomic E-state index is 13.4. The van der Waals surface area contributed by atoms with Crippen molar-refractivity contribution in [3.63, 3.8) is 0 Å². The lowest BCUT2D eigenvalue weighted by Crippen LogP contribution is -2.40. The van der Waals surface area contributed by atoms with Gasteiger partial charge in [-0.25, -0.2) is 13.4 Å². The summed E-state index contributed by atoms with van der Waals surface area (Å²) >= 11 is 0. The molecular weight excluding hydrogens is 452 g/mol. The van der Waals surface area contributed by atoms with Gasteiger partial charge in [0, 0.05) is 39.1 Å². The average Bonchev–Trinajstić information content (AvgIpc) is 2.81. The lowest BCUT2D eigenvalue weighted by molar-refractivity contribution is 0.0815. The van der Waals surface area contributed by atoms with Crippen molar-refractivity contribution in [3.8, 4) is 0 Å². The Kier molecular flexibility index (Phi) is 6.69. The van der Waals surface area contributed by atoms with Crippen molar-refractivity contribution in [1.82, 2.24) is 9.55 Å². The molecule has 1 aliphatic rings. The smallest absolute Gasteiger partial charge is 0.262 e. The van der Waals surface area contributed by atoms with Crippen LogP contribution in [0.1, 0.15) is 36.9 Å². The van der Waals surface area contributed by atoms with Crippen LogP contribution in [0.5, 0.6) is 0 Å². The molecule has 4 rings (SSSR count). The van der Waals surface area contributed by atoms with Gasteiger partial charge in [-0.3, -0.25) is 9.36 Å². The van der Waals surface area contributed by atoms with E-state index in [9.17, 15) is 13.2 Å². The monoisotopic (exact) mass is 484 g/mol. The van der Waals surface area contributed by atoms with Gasteiger partial charge in [0.2, 0.25) is 5.95 Å². The van der Waals surface area contributed by atoms with Gasteiger partial charge in [0.1, 0.15) is 0 Å². The first-order chi connectivity index (χ1) is 16.1. The van der Waals surface area contributed by atoms with Crippen molar-refractivity contribution in [3.05, 3.63) is 57.9 Å². The fraction of sp³-hybridized carbons (Fsp3) is 0.440. The highest BCUT2D eigenvalue weighted by atomic mass is 32.2. The minimum absolute atomic E-state index is 0.0949. The molecule has 0 unspecified atom stereocenters. The number of ether oxygens (including phenoxy) is 1. The van der Waals surface area contributed by atoms with Crippen LogP contribution < -0.4 is 15.8 Å². The second kappa shape index (κ2) is 9.38. The number of nitrogens with one attached hydrogen (secondary N) is 1. The van der Waals surface area contributed by atoms with E-state index in [2.05, 4.69) is 10.2 Å². The number of benzene rings is 2. The normalized spacial score (nSPS) is 16.1. The molecule has 8 nitrogen and oxygen atoms in total. The molecular formula is C25H32N4O4S. The number of anilines is 2. The minimum atomic E-state index is -3.40. The molecule has 0 aliphatic carbocycles. The molecule has 2 heterocycles. The number of sulfone groups is 1. The Bertz CT molecular complexity index is 1380. The molecule has 9 heteroatoms. The van der Waals surface area contributed by atoms with Gasteiger partial charge >= 0.3 is 0 Å². The van der Waals surface area contributed by atoms with Crippen LogP contribution in [0.15, 0.2) is 46.1 Å². The Balaban J connectivity index is 1.79. The first-order valence-electron chi connectivity index (χ1n) is 11.4. The van der Waals surface area contributed by atoms with Gasteiger partial charge in [0.05, 0.1) is 33.6 Å². The fourth-order valence-electron chi connectivity index (χ4n) is 4.67. The molecule has 34 heavy (non-hydrogen) atoms. The van der Waals surface area contributed by atoms with Gasteiger partial charge in [0.15, 0.2) is 9.84 Å². The molecule has 182 valence electrons. The van der Waals surface area contributed by atoms with E-state index >= 15 is 0 Å². The van der Waals surface area contributed by atoms with E-state index in [0.717, 1.165) is 37.1 Å². The van der Waals surface area contributed by atoms with E-state index in [-0.39, 0.29) is 22.6 Å². The third kappa shape index (κ3) is 4.67. The van der Waals surface area contributed by atoms with Crippen LogP contribution in [-0.2, 0) is 21.6 Å². The summed E-state index contributed by atoms with van der Waals surface area (Å²) in [4.78, 5) is 20.7. The van der Waals surface area contributed by atoms with Gasteiger partial charge in [-0.1, -0.05) is 18.2 Å². The molecule has 0 bridgehead atoms. The van der Waals surface area contributed by atoms with E-state index < -0.39 is 9.84 Å². The van der Waals surface area contributed by atoms with Crippen LogP contribution >= 0.6 is 0 Å². The summed E-state index contributed by atoms with van der Waals surface area (Å²) in [5.41, 5.74) is 2.86. The fourth-order valence-corrected chi connectivity index (χ4v) is 5.52. The van der Waals surface area contributed by atoms with E-state index in [0.29, 0.717) is 22.5 Å². The highest BCUT2D eigenvalue weighted by Gasteiger charge is 2.24. The Morgan fingerprint density at radius 2 is 1.85 bits per heavy atom. The second-order valence-electron chi connectivity index (χ2n) is 9.08. The molecule has 1 atom stereocenters. The highest BCUT2D eigenvalue weighted by Crippen LogP contribution is 2.30. The third-order valence-electron chi connectivity index (χ3n) is 6.51. The van der Waals surface area contributed by atoms with Crippen molar-refractivity contribution in [2.75, 3.05) is 36.7 Å². The van der Waals surface area contributed by atoms with E-state index in [1.165, 1.54) is 6.26 Å². The third-order valence-corrected chi connectivity index (χ3v) is 7.67. The quantitative estimate of drug-likeness (QED) is 0.573. The molecule has 1 aliphatic heterocycles. The predicted molar refractivity (Wildman–Crippen MR) is 136 cm³/mol. The number of rotatable bonds is 6. The zero-order chi connectivity index (χ0) is 24.6. The maximum Gasteiger partial charge on any atom is 0.262 e. The SMILES string of the molecule is COC1CCN(c2nc3c([C@@H](C)Nc4ccccc4S(C)(=O)=O)cc(C)cc3c(=O)n2C)CC1. The maximum absolute atomic E-state index is 13.4. The number of hydrogen-bond acceptors (Lipinski definition) is 7. The molecule has 0 saturated carbocycles. The Morgan fingerprint density at radius 3 is 2.50 bits per heavy atom. The first kappa shape index (κ1) is 24.2. The van der Waals surface area contributed by atoms with Gasteiger partial charge < -0.3 is 15.0 Å². The Labute approximate surface area is 200 Å². The van der Waals surface area contributed by atoms with Gasteiger partial charge in [-0.15, -0.1) is 0 Å². The van der Waals surface area contributed by atoms with Gasteiger partial charge in [-0.05, 0) is 50.5 Å². The number of aryl methyl sites for hydroxylation is 1. The second-order valence-corrected chi connectivity index (χ2v) is 11.1. The standard InChI is InChI=1S/C25H32N4O4S/c1-16-14-19(17(2)26-21-8-6-7-9-22(21)34(5,31)32)23-20(15-16)24(30)28(3)25(27-23)29-12-10-18(33-4)11-13-29/h6-9,14-15,17-18,26H,10-13H2,1-5H3/t17-/m1/s1. The lowest BCUT2D eigenvalue weighted by Gasteiger charge is -2.33. The van der Waals surface area contributed by atoms with Crippen LogP contribution in [0.3, 0.4) is 0 Å². The molecule has 0 radical (unpaired) electrons. The number of hydrogen-bond donors (Lipinski definition) is 1. The molecule has 3 aromatic rings. The molecule has 1 fully saturated rings. The lowest BCUT2D eigenvalue weighted by atomic mass is 10.0. The summed E-state index contributed by atoms with van der Waals surface area (Å²) < 4.78 is 31.7. The van der Waals surface area contributed by atoms with Crippen molar-refractivity contribution in [1.29, 1.82) is 0 Å². The van der Waals surface area contributed by atoms with E-state index in [1.54, 1.807) is 43.0 Å². The zero-order valence-corrected chi connectivity index (χ0v) is 21.1. The highest BCUT2D eigenvalue weighted by molar-refractivity contribution is 7.90. The van der Waals surface area contributed by atoms with Gasteiger partial charge in [0.25, 0.3) is 5.56 Å². The number of piperidine rings is 1. The Hall–Kier alpha value is -2.91. The van der Waals surface area contributed by atoms with Crippen molar-refractivity contribution >= 4 is 32.4 Å². The van der Waals surface area contributed by atoms with E-state index in [4.69, 9.17) is 9.72 Å². The van der Waals surface area contributed by atoms with Crippen LogP contribution in [0.25, 0.3) is 10.9 Å². The Morgan fingerprint density at radius 1 is 1.18 bits per heavy atom. The molecule has 1 aromatic heterocycles. The van der Waals surface area contributed by atoms with Crippen LogP contribution in [-0.4, -0.2) is 50.5 Å². The summed E-state index contributed by atoms with van der Waals surface area (Å²) in [7, 11) is 0.0932. The molecule has 1 saturated heterocycles. The number of fused-ring (bicyclic) bond motifs is 1.